The highest BCUT2D eigenvalue weighted by Crippen LogP contribution is 2.56. The summed E-state index contributed by atoms with van der Waals surface area (Å²) < 4.78 is 24.3. The molecular weight excluding hydrogens is 677 g/mol. The number of rotatable bonds is 34. The molecule has 0 aromatic rings. The highest BCUT2D eigenvalue weighted by molar-refractivity contribution is 6.21. The molecule has 312 valence electrons. The first-order chi connectivity index (χ1) is 26.4. The Hall–Kier alpha value is -1.73. The Morgan fingerprint density at radius 2 is 1.09 bits per heavy atom. The highest BCUT2D eigenvalue weighted by Gasteiger charge is 2.68. The van der Waals surface area contributed by atoms with Crippen LogP contribution in [0.5, 0.6) is 0 Å². The minimum Gasteiger partial charge on any atom is -0.465 e. The Kier molecular flexibility index (Phi) is 23.3. The van der Waals surface area contributed by atoms with Gasteiger partial charge in [-0.05, 0) is 32.6 Å². The Morgan fingerprint density at radius 1 is 0.648 bits per heavy atom. The van der Waals surface area contributed by atoms with Gasteiger partial charge in [0.1, 0.15) is 17.3 Å². The van der Waals surface area contributed by atoms with Crippen molar-refractivity contribution in [2.45, 2.75) is 250 Å². The van der Waals surface area contributed by atoms with E-state index in [1.54, 1.807) is 0 Å². The van der Waals surface area contributed by atoms with Gasteiger partial charge in [0.2, 0.25) is 0 Å². The molecule has 0 unspecified atom stereocenters. The molecule has 0 amide bonds. The number of ether oxygens (including phenoxy) is 4. The summed E-state index contributed by atoms with van der Waals surface area (Å²) in [5.74, 6) is -2.70. The summed E-state index contributed by atoms with van der Waals surface area (Å²) in [5.41, 5.74) is -0.0857. The first-order valence-electron chi connectivity index (χ1n) is 23.2. The second-order valence-electron chi connectivity index (χ2n) is 17.0. The summed E-state index contributed by atoms with van der Waals surface area (Å²) in [7, 11) is 1.34. The minimum absolute atomic E-state index is 0.0161. The first-order valence-corrected chi connectivity index (χ1v) is 23.2. The van der Waals surface area contributed by atoms with E-state index in [4.69, 9.17) is 18.9 Å². The van der Waals surface area contributed by atoms with Crippen molar-refractivity contribution in [3.05, 3.63) is 11.1 Å². The second kappa shape index (κ2) is 27.0. The molecule has 1 aliphatic carbocycles. The molecule has 54 heavy (non-hydrogen) atoms. The van der Waals surface area contributed by atoms with E-state index in [9.17, 15) is 14.4 Å². The van der Waals surface area contributed by atoms with E-state index in [-0.39, 0.29) is 23.7 Å². The molecule has 0 saturated carbocycles. The number of allylic oxidation sites excluding steroid dienone is 1. The van der Waals surface area contributed by atoms with Gasteiger partial charge in [-0.25, -0.2) is 4.79 Å². The number of methoxy groups -OCH3 is 1. The van der Waals surface area contributed by atoms with E-state index >= 15 is 0 Å². The van der Waals surface area contributed by atoms with Crippen molar-refractivity contribution in [1.82, 2.24) is 0 Å². The second-order valence-corrected chi connectivity index (χ2v) is 17.0. The highest BCUT2D eigenvalue weighted by atomic mass is 16.7. The lowest BCUT2D eigenvalue weighted by atomic mass is 9.78. The van der Waals surface area contributed by atoms with Crippen molar-refractivity contribution in [3.8, 4) is 0 Å². The molecule has 4 atom stereocenters. The molecule has 2 fully saturated rings. The monoisotopic (exact) mass is 759 g/mol. The van der Waals surface area contributed by atoms with Gasteiger partial charge in [0.05, 0.1) is 19.4 Å². The number of carbonyl (C=O) groups is 3. The van der Waals surface area contributed by atoms with E-state index in [0.29, 0.717) is 32.3 Å². The zero-order valence-electron chi connectivity index (χ0n) is 35.6. The average molecular weight is 759 g/mol. The molecular formula is C47H82O7. The molecule has 3 rings (SSSR count). The van der Waals surface area contributed by atoms with Crippen molar-refractivity contribution < 1.29 is 33.3 Å². The largest absolute Gasteiger partial charge is 0.465 e. The fourth-order valence-corrected chi connectivity index (χ4v) is 9.50. The Balaban J connectivity index is 1.43. The fraction of sp³-hybridized carbons (Fsp3) is 0.894. The summed E-state index contributed by atoms with van der Waals surface area (Å²) >= 11 is 0. The fourth-order valence-electron chi connectivity index (χ4n) is 9.50. The Morgan fingerprint density at radius 3 is 1.54 bits per heavy atom. The van der Waals surface area contributed by atoms with E-state index in [0.717, 1.165) is 31.3 Å². The van der Waals surface area contributed by atoms with Gasteiger partial charge in [0, 0.05) is 19.4 Å². The van der Waals surface area contributed by atoms with Crippen molar-refractivity contribution in [2.75, 3.05) is 13.7 Å². The summed E-state index contributed by atoms with van der Waals surface area (Å²) in [5, 5.41) is 0. The topological polar surface area (TPSA) is 88.1 Å². The lowest BCUT2D eigenvalue weighted by molar-refractivity contribution is -0.261. The summed E-state index contributed by atoms with van der Waals surface area (Å²) in [6, 6.07) is 0. The number of ketones is 1. The smallest absolute Gasteiger partial charge is 0.341 e. The maximum absolute atomic E-state index is 14.1. The third-order valence-electron chi connectivity index (χ3n) is 12.6. The lowest BCUT2D eigenvalue weighted by Gasteiger charge is -2.36. The van der Waals surface area contributed by atoms with Gasteiger partial charge in [0.15, 0.2) is 11.6 Å². The maximum Gasteiger partial charge on any atom is 0.341 e. The van der Waals surface area contributed by atoms with Gasteiger partial charge in [-0.15, -0.1) is 0 Å². The van der Waals surface area contributed by atoms with Crippen LogP contribution in [-0.4, -0.2) is 48.9 Å². The Labute approximate surface area is 331 Å². The Bertz CT molecular complexity index is 1100. The van der Waals surface area contributed by atoms with Gasteiger partial charge >= 0.3 is 11.9 Å². The zero-order chi connectivity index (χ0) is 38.9. The lowest BCUT2D eigenvalue weighted by Crippen LogP contribution is -2.48. The van der Waals surface area contributed by atoms with Crippen molar-refractivity contribution in [3.63, 3.8) is 0 Å². The third-order valence-corrected chi connectivity index (χ3v) is 12.6. The van der Waals surface area contributed by atoms with E-state index in [1.807, 2.05) is 6.92 Å². The number of esters is 2. The molecule has 0 N–H and O–H groups in total. The van der Waals surface area contributed by atoms with Gasteiger partial charge in [-0.2, -0.15) is 0 Å². The van der Waals surface area contributed by atoms with Gasteiger partial charge in [-0.3, -0.25) is 9.59 Å². The van der Waals surface area contributed by atoms with Crippen LogP contribution in [0, 0.1) is 5.92 Å². The number of carbonyl (C=O) groups excluding carboxylic acids is 3. The molecule has 0 aromatic carbocycles. The molecule has 7 nitrogen and oxygen atoms in total. The number of Topliss-reactive ketones (excluding diaryl/α,β-unsaturated/α-hetero) is 1. The van der Waals surface area contributed by atoms with Crippen LogP contribution < -0.4 is 0 Å². The number of hydrogen-bond acceptors (Lipinski definition) is 7. The molecule has 2 aliphatic heterocycles. The predicted molar refractivity (Wildman–Crippen MR) is 219 cm³/mol. The van der Waals surface area contributed by atoms with E-state index < -0.39 is 29.4 Å². The van der Waals surface area contributed by atoms with Gasteiger partial charge < -0.3 is 18.9 Å². The molecule has 0 spiro atoms. The number of fused-ring (bicyclic) bond motifs is 1. The standard InChI is InChI=1S/C47H82O7/c1-5-8-10-12-14-16-18-20-22-24-26-28-30-32-34-39-36-40(44(49)43(39)45(50)51-4)47-38-42(48)53-41(47)37-46(54-47,52-7-3)35-33-31-29-27-25-23-21-19-17-15-13-11-9-6-2/h40-41H,5-38H2,1-4H3/t40-,41+,46+,47-/m1/s1. The normalized spacial score (nSPS) is 23.8. The quantitative estimate of drug-likeness (QED) is 0.0367. The molecule has 2 saturated heterocycles. The molecule has 0 bridgehead atoms. The van der Waals surface area contributed by atoms with Crippen LogP contribution in [0.15, 0.2) is 11.1 Å². The van der Waals surface area contributed by atoms with E-state index in [2.05, 4.69) is 13.8 Å². The maximum atomic E-state index is 14.1. The van der Waals surface area contributed by atoms with Crippen LogP contribution >= 0.6 is 0 Å². The van der Waals surface area contributed by atoms with Crippen molar-refractivity contribution in [1.29, 1.82) is 0 Å². The average Bonchev–Trinajstić information content (AvgIpc) is 3.76. The van der Waals surface area contributed by atoms with Crippen LogP contribution in [0.2, 0.25) is 0 Å². The minimum atomic E-state index is -1.12. The predicted octanol–water partition coefficient (Wildman–Crippen LogP) is 13.0. The summed E-state index contributed by atoms with van der Waals surface area (Å²) in [4.78, 5) is 39.9. The van der Waals surface area contributed by atoms with Crippen LogP contribution in [0.25, 0.3) is 0 Å². The summed E-state index contributed by atoms with van der Waals surface area (Å²) in [6.07, 6.45) is 37.8. The van der Waals surface area contributed by atoms with Crippen molar-refractivity contribution >= 4 is 17.7 Å². The molecule has 0 aromatic heterocycles. The molecule has 7 heteroatoms. The summed E-state index contributed by atoms with van der Waals surface area (Å²) in [6.45, 7) is 6.99. The molecule has 3 aliphatic rings. The number of unbranched alkanes of at least 4 members (excludes halogenated alkanes) is 26. The van der Waals surface area contributed by atoms with Crippen molar-refractivity contribution in [2.24, 2.45) is 5.92 Å². The van der Waals surface area contributed by atoms with Crippen LogP contribution in [0.1, 0.15) is 233 Å². The first kappa shape index (κ1) is 46.7. The van der Waals surface area contributed by atoms with Crippen LogP contribution in [0.3, 0.4) is 0 Å². The third kappa shape index (κ3) is 15.3. The van der Waals surface area contributed by atoms with Gasteiger partial charge in [-0.1, -0.05) is 186 Å². The SMILES string of the molecule is CCCCCCCCCCCCCCCCC1=C(C(=O)OC)C(=O)[C@H]([C@]23CC(=O)O[C@H]2C[C@@](CCCCCCCCCCCCCCCC)(OCC)O3)C1. The number of hydrogen-bond donors (Lipinski definition) is 0. The van der Waals surface area contributed by atoms with E-state index in [1.165, 1.54) is 161 Å². The zero-order valence-corrected chi connectivity index (χ0v) is 35.6. The molecule has 0 radical (unpaired) electrons. The van der Waals surface area contributed by atoms with Crippen LogP contribution in [0.4, 0.5) is 0 Å². The van der Waals surface area contributed by atoms with Crippen LogP contribution in [-0.2, 0) is 33.3 Å². The molecule has 2 heterocycles. The van der Waals surface area contributed by atoms with Gasteiger partial charge in [0.25, 0.3) is 0 Å².